The van der Waals surface area contributed by atoms with Gasteiger partial charge in [0.1, 0.15) is 6.10 Å². The normalized spacial score (nSPS) is 26.0. The van der Waals surface area contributed by atoms with E-state index in [2.05, 4.69) is 28.1 Å². The second kappa shape index (κ2) is 8.44. The number of fused-ring (bicyclic) bond motifs is 1. The molecule has 1 aliphatic heterocycles. The minimum absolute atomic E-state index is 0.00108. The third-order valence-electron chi connectivity index (χ3n) is 3.73. The third-order valence-corrected chi connectivity index (χ3v) is 7.53. The molecule has 0 saturated carbocycles. The number of nitrogens with two attached hydrogens (primary N) is 1. The van der Waals surface area contributed by atoms with Gasteiger partial charge in [-0.1, -0.05) is 0 Å². The van der Waals surface area contributed by atoms with E-state index in [1.54, 1.807) is 0 Å². The Morgan fingerprint density at radius 2 is 1.90 bits per heavy atom. The molecule has 3 rings (SSSR count). The Morgan fingerprint density at radius 3 is 2.55 bits per heavy atom. The molecular weight excluding hydrogens is 491 g/mol. The van der Waals surface area contributed by atoms with E-state index < -0.39 is 54.1 Å². The highest BCUT2D eigenvalue weighted by Gasteiger charge is 2.42. The standard InChI is InChI=1S/C10H16N5O13P3/c11-10-13-7-6(8(17)14-10)12-3-15(7)9-5(16)1-4(26-9)2-25-30(21,22)28-31(23,24)27-29(18,19)20/h3-5,9,16H,1-2H2,(H,21,22)(H,23,24)(H2,18,19,20)(H3,11,13,14,17). The smallest absolute Gasteiger partial charge is 0.388 e. The lowest BCUT2D eigenvalue weighted by Gasteiger charge is -2.18. The second-order valence-corrected chi connectivity index (χ2v) is 10.5. The molecule has 18 nitrogen and oxygen atoms in total. The molecule has 2 aromatic rings. The van der Waals surface area contributed by atoms with Crippen LogP contribution in [0.25, 0.3) is 11.2 Å². The Hall–Kier alpha value is -1.52. The van der Waals surface area contributed by atoms with Gasteiger partial charge in [0.15, 0.2) is 17.4 Å². The van der Waals surface area contributed by atoms with Gasteiger partial charge in [-0.2, -0.15) is 13.6 Å². The lowest BCUT2D eigenvalue weighted by atomic mass is 10.2. The maximum atomic E-state index is 11.8. The SMILES string of the molecule is Nc1nc2c(ncn2C2OC(COP(=O)(O)OP(=O)(O)OP(=O)(O)O)CC2O)c(=O)[nH]1. The van der Waals surface area contributed by atoms with Crippen molar-refractivity contribution < 1.29 is 56.3 Å². The van der Waals surface area contributed by atoms with E-state index in [0.29, 0.717) is 0 Å². The number of phosphoric ester groups is 1. The summed E-state index contributed by atoms with van der Waals surface area (Å²) in [6.07, 6.45) is -2.41. The zero-order valence-electron chi connectivity index (χ0n) is 15.0. The molecule has 0 aromatic carbocycles. The van der Waals surface area contributed by atoms with Gasteiger partial charge < -0.3 is 35.2 Å². The van der Waals surface area contributed by atoms with Crippen LogP contribution < -0.4 is 11.3 Å². The van der Waals surface area contributed by atoms with E-state index in [4.69, 9.17) is 25.2 Å². The molecule has 0 amide bonds. The van der Waals surface area contributed by atoms with Crippen LogP contribution in [0.5, 0.6) is 0 Å². The first-order valence-corrected chi connectivity index (χ1v) is 12.5. The summed E-state index contributed by atoms with van der Waals surface area (Å²) in [6, 6.07) is 0. The highest BCUT2D eigenvalue weighted by molar-refractivity contribution is 7.66. The number of anilines is 1. The summed E-state index contributed by atoms with van der Waals surface area (Å²) in [5.74, 6) is -0.212. The third kappa shape index (κ3) is 6.04. The quantitative estimate of drug-likeness (QED) is 0.204. The van der Waals surface area contributed by atoms with Gasteiger partial charge in [0, 0.05) is 6.42 Å². The zero-order valence-corrected chi connectivity index (χ0v) is 17.7. The molecule has 2 aromatic heterocycles. The molecule has 0 radical (unpaired) electrons. The van der Waals surface area contributed by atoms with Crippen molar-refractivity contribution in [1.29, 1.82) is 0 Å². The number of ether oxygens (including phenoxy) is 1. The van der Waals surface area contributed by atoms with Gasteiger partial charge in [0.05, 0.1) is 19.0 Å². The van der Waals surface area contributed by atoms with Crippen molar-refractivity contribution in [2.75, 3.05) is 12.3 Å². The molecule has 174 valence electrons. The summed E-state index contributed by atoms with van der Waals surface area (Å²) in [7, 11) is -16.5. The summed E-state index contributed by atoms with van der Waals surface area (Å²) in [5.41, 5.74) is 4.78. The first-order chi connectivity index (χ1) is 14.2. The number of aliphatic hydroxyl groups excluding tert-OH is 1. The summed E-state index contributed by atoms with van der Waals surface area (Å²) >= 11 is 0. The Labute approximate surface area is 171 Å². The first-order valence-electron chi connectivity index (χ1n) is 8.00. The Balaban J connectivity index is 1.67. The summed E-state index contributed by atoms with van der Waals surface area (Å²) in [5, 5.41) is 10.2. The van der Waals surface area contributed by atoms with Crippen molar-refractivity contribution in [3.05, 3.63) is 16.7 Å². The summed E-state index contributed by atoms with van der Waals surface area (Å²) in [6.45, 7) is -0.750. The molecule has 0 spiro atoms. The number of phosphoric acid groups is 3. The van der Waals surface area contributed by atoms with E-state index in [0.717, 1.165) is 6.33 Å². The predicted molar refractivity (Wildman–Crippen MR) is 96.9 cm³/mol. The largest absolute Gasteiger partial charge is 0.490 e. The van der Waals surface area contributed by atoms with Crippen molar-refractivity contribution in [2.24, 2.45) is 0 Å². The minimum atomic E-state index is -5.65. The number of aromatic amines is 1. The van der Waals surface area contributed by atoms with Crippen molar-refractivity contribution in [2.45, 2.75) is 24.9 Å². The molecule has 1 saturated heterocycles. The molecule has 8 N–H and O–H groups in total. The van der Waals surface area contributed by atoms with Gasteiger partial charge in [0.25, 0.3) is 5.56 Å². The lowest BCUT2D eigenvalue weighted by Crippen LogP contribution is -2.20. The van der Waals surface area contributed by atoms with Gasteiger partial charge in [0.2, 0.25) is 5.95 Å². The van der Waals surface area contributed by atoms with Crippen molar-refractivity contribution >= 4 is 40.6 Å². The van der Waals surface area contributed by atoms with E-state index in [-0.39, 0.29) is 23.5 Å². The van der Waals surface area contributed by atoms with Crippen LogP contribution >= 0.6 is 23.5 Å². The van der Waals surface area contributed by atoms with Crippen LogP contribution in [-0.4, -0.2) is 63.0 Å². The maximum Gasteiger partial charge on any atom is 0.490 e. The zero-order chi connectivity index (χ0) is 23.2. The van der Waals surface area contributed by atoms with Gasteiger partial charge in [-0.3, -0.25) is 18.9 Å². The number of rotatable bonds is 8. The summed E-state index contributed by atoms with van der Waals surface area (Å²) in [4.78, 5) is 57.4. The molecule has 0 aliphatic carbocycles. The number of aromatic nitrogens is 4. The number of hydrogen-bond donors (Lipinski definition) is 7. The predicted octanol–water partition coefficient (Wildman–Crippen LogP) is -1.31. The van der Waals surface area contributed by atoms with Gasteiger partial charge in [-0.05, 0) is 0 Å². The average Bonchev–Trinajstić information content (AvgIpc) is 3.12. The fourth-order valence-corrected chi connectivity index (χ4v) is 5.75. The molecule has 1 aliphatic rings. The second-order valence-electron chi connectivity index (χ2n) is 6.11. The van der Waals surface area contributed by atoms with Crippen LogP contribution in [0.15, 0.2) is 11.1 Å². The molecule has 0 bridgehead atoms. The topological polar surface area (TPSA) is 279 Å². The summed E-state index contributed by atoms with van der Waals surface area (Å²) < 4.78 is 52.0. The minimum Gasteiger partial charge on any atom is -0.388 e. The first kappa shape index (κ1) is 24.1. The number of nitrogens with one attached hydrogen (secondary N) is 1. The monoisotopic (exact) mass is 507 g/mol. The number of imidazole rings is 1. The number of H-pyrrole nitrogens is 1. The molecule has 21 heteroatoms. The Bertz CT molecular complexity index is 1170. The highest BCUT2D eigenvalue weighted by atomic mass is 31.3. The van der Waals surface area contributed by atoms with E-state index in [9.17, 15) is 28.5 Å². The maximum absolute atomic E-state index is 11.8. The lowest BCUT2D eigenvalue weighted by molar-refractivity contribution is -0.0481. The molecule has 1 fully saturated rings. The van der Waals surface area contributed by atoms with E-state index in [1.165, 1.54) is 4.57 Å². The van der Waals surface area contributed by atoms with Gasteiger partial charge in [-0.25, -0.2) is 18.7 Å². The van der Waals surface area contributed by atoms with Gasteiger partial charge >= 0.3 is 23.5 Å². The molecule has 31 heavy (non-hydrogen) atoms. The van der Waals surface area contributed by atoms with Crippen LogP contribution in [0.2, 0.25) is 0 Å². The molecular formula is C10H16N5O13P3. The number of nitrogens with zero attached hydrogens (tertiary/aromatic N) is 3. The Kier molecular flexibility index (Phi) is 6.57. The number of hydrogen-bond acceptors (Lipinski definition) is 12. The van der Waals surface area contributed by atoms with Crippen LogP contribution in [0.4, 0.5) is 5.95 Å². The van der Waals surface area contributed by atoms with Crippen LogP contribution in [-0.2, 0) is 31.6 Å². The average molecular weight is 507 g/mol. The van der Waals surface area contributed by atoms with Crippen molar-refractivity contribution in [3.63, 3.8) is 0 Å². The number of nitrogen functional groups attached to an aromatic ring is 1. The van der Waals surface area contributed by atoms with Crippen molar-refractivity contribution in [3.8, 4) is 0 Å². The fraction of sp³-hybridized carbons (Fsp3) is 0.500. The highest BCUT2D eigenvalue weighted by Crippen LogP contribution is 2.66. The van der Waals surface area contributed by atoms with E-state index >= 15 is 0 Å². The molecule has 3 heterocycles. The Morgan fingerprint density at radius 1 is 1.23 bits per heavy atom. The van der Waals surface area contributed by atoms with Crippen LogP contribution in [0, 0.1) is 0 Å². The number of aliphatic hydroxyl groups is 1. The van der Waals surface area contributed by atoms with Gasteiger partial charge in [-0.15, -0.1) is 0 Å². The van der Waals surface area contributed by atoms with E-state index in [1.807, 2.05) is 0 Å². The fourth-order valence-electron chi connectivity index (χ4n) is 2.70. The van der Waals surface area contributed by atoms with Crippen LogP contribution in [0.1, 0.15) is 12.6 Å². The molecule has 5 atom stereocenters. The van der Waals surface area contributed by atoms with Crippen molar-refractivity contribution in [1.82, 2.24) is 19.5 Å². The van der Waals surface area contributed by atoms with Crippen LogP contribution in [0.3, 0.4) is 0 Å². The molecule has 5 unspecified atom stereocenters.